The maximum atomic E-state index is 10.5. The minimum Gasteiger partial charge on any atom is -0.368 e. The summed E-state index contributed by atoms with van der Waals surface area (Å²) < 4.78 is 0. The molecule has 2 nitrogen and oxygen atoms in total. The minimum absolute atomic E-state index is 0.633. The SMILES string of the molecule is CC1CCCN1c1csc(C=O)c1. The van der Waals surface area contributed by atoms with Crippen LogP contribution in [0, 0.1) is 0 Å². The molecule has 1 unspecified atom stereocenters. The molecule has 1 aliphatic heterocycles. The van der Waals surface area contributed by atoms with E-state index in [9.17, 15) is 4.79 Å². The van der Waals surface area contributed by atoms with Gasteiger partial charge in [-0.2, -0.15) is 0 Å². The fourth-order valence-electron chi connectivity index (χ4n) is 1.87. The third-order valence-electron chi connectivity index (χ3n) is 2.61. The van der Waals surface area contributed by atoms with E-state index in [-0.39, 0.29) is 0 Å². The summed E-state index contributed by atoms with van der Waals surface area (Å²) in [7, 11) is 0. The van der Waals surface area contributed by atoms with Crippen LogP contribution in [0.4, 0.5) is 5.69 Å². The lowest BCUT2D eigenvalue weighted by Crippen LogP contribution is -2.25. The molecule has 1 fully saturated rings. The second-order valence-corrected chi connectivity index (χ2v) is 4.45. The number of thiophene rings is 1. The molecule has 0 saturated carbocycles. The van der Waals surface area contributed by atoms with Crippen molar-refractivity contribution in [2.45, 2.75) is 25.8 Å². The topological polar surface area (TPSA) is 20.3 Å². The molecule has 13 heavy (non-hydrogen) atoms. The van der Waals surface area contributed by atoms with Gasteiger partial charge in [0.2, 0.25) is 0 Å². The van der Waals surface area contributed by atoms with Gasteiger partial charge in [-0.15, -0.1) is 11.3 Å². The average Bonchev–Trinajstić information content (AvgIpc) is 2.71. The van der Waals surface area contributed by atoms with Crippen LogP contribution in [-0.4, -0.2) is 18.9 Å². The molecule has 70 valence electrons. The number of rotatable bonds is 2. The van der Waals surface area contributed by atoms with E-state index in [4.69, 9.17) is 0 Å². The van der Waals surface area contributed by atoms with Crippen LogP contribution in [0.2, 0.25) is 0 Å². The zero-order valence-electron chi connectivity index (χ0n) is 7.69. The van der Waals surface area contributed by atoms with Crippen molar-refractivity contribution in [1.82, 2.24) is 0 Å². The van der Waals surface area contributed by atoms with Crippen LogP contribution in [0.25, 0.3) is 0 Å². The van der Waals surface area contributed by atoms with Crippen LogP contribution >= 0.6 is 11.3 Å². The van der Waals surface area contributed by atoms with Crippen molar-refractivity contribution in [3.8, 4) is 0 Å². The number of anilines is 1. The number of nitrogens with zero attached hydrogens (tertiary/aromatic N) is 1. The molecule has 0 bridgehead atoms. The van der Waals surface area contributed by atoms with E-state index in [1.54, 1.807) is 0 Å². The lowest BCUT2D eigenvalue weighted by Gasteiger charge is -2.21. The van der Waals surface area contributed by atoms with Gasteiger partial charge >= 0.3 is 0 Å². The summed E-state index contributed by atoms with van der Waals surface area (Å²) in [5.74, 6) is 0. The second kappa shape index (κ2) is 3.50. The molecule has 0 aliphatic carbocycles. The molecule has 3 heteroatoms. The third kappa shape index (κ3) is 1.61. The predicted molar refractivity (Wildman–Crippen MR) is 55.7 cm³/mol. The molecule has 1 aromatic rings. The van der Waals surface area contributed by atoms with Gasteiger partial charge in [-0.1, -0.05) is 0 Å². The van der Waals surface area contributed by atoms with Gasteiger partial charge in [-0.05, 0) is 25.8 Å². The second-order valence-electron chi connectivity index (χ2n) is 3.51. The van der Waals surface area contributed by atoms with Crippen molar-refractivity contribution in [2.24, 2.45) is 0 Å². The normalized spacial score (nSPS) is 22.2. The zero-order chi connectivity index (χ0) is 9.26. The number of carbonyl (C=O) groups is 1. The third-order valence-corrected chi connectivity index (χ3v) is 3.45. The van der Waals surface area contributed by atoms with Crippen molar-refractivity contribution >= 4 is 23.3 Å². The lowest BCUT2D eigenvalue weighted by atomic mass is 10.2. The first-order chi connectivity index (χ1) is 6.31. The molecule has 1 aliphatic rings. The molecule has 1 saturated heterocycles. The molecular formula is C10H13NOS. The monoisotopic (exact) mass is 195 g/mol. The number of hydrogen-bond acceptors (Lipinski definition) is 3. The Balaban J connectivity index is 2.19. The van der Waals surface area contributed by atoms with Crippen molar-refractivity contribution in [2.75, 3.05) is 11.4 Å². The van der Waals surface area contributed by atoms with Crippen LogP contribution in [0.15, 0.2) is 11.4 Å². The highest BCUT2D eigenvalue weighted by Crippen LogP contribution is 2.28. The quantitative estimate of drug-likeness (QED) is 0.676. The Morgan fingerprint density at radius 2 is 2.54 bits per heavy atom. The minimum atomic E-state index is 0.633. The van der Waals surface area contributed by atoms with E-state index < -0.39 is 0 Å². The summed E-state index contributed by atoms with van der Waals surface area (Å²) >= 11 is 1.53. The fourth-order valence-corrected chi connectivity index (χ4v) is 2.58. The van der Waals surface area contributed by atoms with Gasteiger partial charge < -0.3 is 4.90 Å². The molecule has 2 heterocycles. The van der Waals surface area contributed by atoms with Crippen LogP contribution in [-0.2, 0) is 0 Å². The summed E-state index contributed by atoms with van der Waals surface area (Å²) in [6.07, 6.45) is 3.47. The summed E-state index contributed by atoms with van der Waals surface area (Å²) in [4.78, 5) is 13.7. The molecular weight excluding hydrogens is 182 g/mol. The Morgan fingerprint density at radius 3 is 3.08 bits per heavy atom. The van der Waals surface area contributed by atoms with Crippen molar-refractivity contribution in [3.05, 3.63) is 16.3 Å². The number of hydrogen-bond donors (Lipinski definition) is 0. The Labute approximate surface area is 82.2 Å². The van der Waals surface area contributed by atoms with E-state index in [1.165, 1.54) is 29.9 Å². The van der Waals surface area contributed by atoms with Gasteiger partial charge in [0, 0.05) is 23.7 Å². The summed E-state index contributed by atoms with van der Waals surface area (Å²) in [5.41, 5.74) is 1.22. The summed E-state index contributed by atoms with van der Waals surface area (Å²) in [6, 6.07) is 2.62. The van der Waals surface area contributed by atoms with E-state index in [0.29, 0.717) is 6.04 Å². The molecule has 0 amide bonds. The first-order valence-corrected chi connectivity index (χ1v) is 5.49. The maximum absolute atomic E-state index is 10.5. The van der Waals surface area contributed by atoms with Gasteiger partial charge in [0.15, 0.2) is 6.29 Å². The maximum Gasteiger partial charge on any atom is 0.160 e. The van der Waals surface area contributed by atoms with E-state index in [1.807, 2.05) is 6.07 Å². The molecule has 0 spiro atoms. The zero-order valence-corrected chi connectivity index (χ0v) is 8.51. The largest absolute Gasteiger partial charge is 0.368 e. The fraction of sp³-hybridized carbons (Fsp3) is 0.500. The van der Waals surface area contributed by atoms with Crippen molar-refractivity contribution in [3.63, 3.8) is 0 Å². The highest BCUT2D eigenvalue weighted by atomic mass is 32.1. The Morgan fingerprint density at radius 1 is 1.69 bits per heavy atom. The van der Waals surface area contributed by atoms with Crippen molar-refractivity contribution in [1.29, 1.82) is 0 Å². The van der Waals surface area contributed by atoms with Crippen molar-refractivity contribution < 1.29 is 4.79 Å². The highest BCUT2D eigenvalue weighted by molar-refractivity contribution is 7.12. The van der Waals surface area contributed by atoms with E-state index in [2.05, 4.69) is 17.2 Å². The lowest BCUT2D eigenvalue weighted by molar-refractivity contribution is 0.112. The predicted octanol–water partition coefficient (Wildman–Crippen LogP) is 2.55. The molecule has 0 N–H and O–H groups in total. The smallest absolute Gasteiger partial charge is 0.160 e. The van der Waals surface area contributed by atoms with E-state index >= 15 is 0 Å². The Hall–Kier alpha value is -0.830. The van der Waals surface area contributed by atoms with Gasteiger partial charge in [0.05, 0.1) is 4.88 Å². The Kier molecular flexibility index (Phi) is 2.36. The first kappa shape index (κ1) is 8.75. The van der Waals surface area contributed by atoms with Gasteiger partial charge in [-0.25, -0.2) is 0 Å². The molecule has 1 atom stereocenters. The standard InChI is InChI=1S/C10H13NOS/c1-8-3-2-4-11(8)9-5-10(6-12)13-7-9/h5-8H,2-4H2,1H3. The highest BCUT2D eigenvalue weighted by Gasteiger charge is 2.20. The van der Waals surface area contributed by atoms with Crippen LogP contribution < -0.4 is 4.90 Å². The molecule has 0 radical (unpaired) electrons. The molecule has 2 rings (SSSR count). The number of carbonyl (C=O) groups excluding carboxylic acids is 1. The number of aldehydes is 1. The van der Waals surface area contributed by atoms with Crippen LogP contribution in [0.1, 0.15) is 29.4 Å². The summed E-state index contributed by atoms with van der Waals surface area (Å²) in [6.45, 7) is 3.38. The van der Waals surface area contributed by atoms with Gasteiger partial charge in [0.25, 0.3) is 0 Å². The van der Waals surface area contributed by atoms with Crippen LogP contribution in [0.3, 0.4) is 0 Å². The van der Waals surface area contributed by atoms with E-state index in [0.717, 1.165) is 17.7 Å². The molecule has 0 aromatic carbocycles. The first-order valence-electron chi connectivity index (χ1n) is 4.61. The Bertz CT molecular complexity index is 308. The van der Waals surface area contributed by atoms with Crippen LogP contribution in [0.5, 0.6) is 0 Å². The summed E-state index contributed by atoms with van der Waals surface area (Å²) in [5, 5.41) is 2.07. The molecule has 1 aromatic heterocycles. The average molecular weight is 195 g/mol. The van der Waals surface area contributed by atoms with Gasteiger partial charge in [0.1, 0.15) is 0 Å². The van der Waals surface area contributed by atoms with Gasteiger partial charge in [-0.3, -0.25) is 4.79 Å².